The molecule has 120 valence electrons. The molecule has 0 saturated heterocycles. The SMILES string of the molecule is CCN(CC)S(=O)(=O)CCNc1ccnc2c(C)cccc12. The predicted octanol–water partition coefficient (Wildman–Crippen LogP) is 2.63. The van der Waals surface area contributed by atoms with Gasteiger partial charge in [-0.2, -0.15) is 0 Å². The average Bonchev–Trinajstić information content (AvgIpc) is 2.49. The summed E-state index contributed by atoms with van der Waals surface area (Å²) in [6.45, 7) is 7.13. The molecule has 5 nitrogen and oxygen atoms in total. The molecule has 0 bridgehead atoms. The molecule has 1 N–H and O–H groups in total. The number of hydrogen-bond donors (Lipinski definition) is 1. The predicted molar refractivity (Wildman–Crippen MR) is 91.7 cm³/mol. The summed E-state index contributed by atoms with van der Waals surface area (Å²) in [5.74, 6) is 0.0876. The molecule has 1 heterocycles. The number of rotatable bonds is 7. The van der Waals surface area contributed by atoms with Crippen LogP contribution in [0.5, 0.6) is 0 Å². The third-order valence-corrected chi connectivity index (χ3v) is 5.77. The van der Waals surface area contributed by atoms with Gasteiger partial charge in [0.25, 0.3) is 0 Å². The van der Waals surface area contributed by atoms with Crippen molar-refractivity contribution in [1.82, 2.24) is 9.29 Å². The fraction of sp³-hybridized carbons (Fsp3) is 0.438. The second-order valence-corrected chi connectivity index (χ2v) is 7.25. The molecule has 22 heavy (non-hydrogen) atoms. The van der Waals surface area contributed by atoms with E-state index in [9.17, 15) is 8.42 Å². The Morgan fingerprint density at radius 1 is 1.18 bits per heavy atom. The normalized spacial score (nSPS) is 12.0. The van der Waals surface area contributed by atoms with Crippen molar-refractivity contribution >= 4 is 26.6 Å². The summed E-state index contributed by atoms with van der Waals surface area (Å²) in [4.78, 5) is 4.39. The Balaban J connectivity index is 2.12. The maximum Gasteiger partial charge on any atom is 0.215 e. The molecule has 2 rings (SSSR count). The van der Waals surface area contributed by atoms with Crippen molar-refractivity contribution in [1.29, 1.82) is 0 Å². The van der Waals surface area contributed by atoms with Crippen molar-refractivity contribution in [3.63, 3.8) is 0 Å². The van der Waals surface area contributed by atoms with Crippen LogP contribution in [0.2, 0.25) is 0 Å². The molecule has 1 aromatic carbocycles. The first-order valence-corrected chi connectivity index (χ1v) is 9.16. The number of sulfonamides is 1. The lowest BCUT2D eigenvalue weighted by Gasteiger charge is -2.18. The highest BCUT2D eigenvalue weighted by Crippen LogP contribution is 2.23. The van der Waals surface area contributed by atoms with E-state index in [4.69, 9.17) is 0 Å². The zero-order chi connectivity index (χ0) is 16.2. The largest absolute Gasteiger partial charge is 0.383 e. The lowest BCUT2D eigenvalue weighted by atomic mass is 10.1. The molecule has 0 spiro atoms. The maximum atomic E-state index is 12.2. The highest BCUT2D eigenvalue weighted by atomic mass is 32.2. The standard InChI is InChI=1S/C16H23N3O2S/c1-4-19(5-2)22(20,21)12-11-17-15-9-10-18-16-13(3)7-6-8-14(15)16/h6-10H,4-5,11-12H2,1-3H3,(H,17,18). The van der Waals surface area contributed by atoms with Crippen LogP contribution in [0.3, 0.4) is 0 Å². The van der Waals surface area contributed by atoms with Crippen LogP contribution in [0.25, 0.3) is 10.9 Å². The zero-order valence-electron chi connectivity index (χ0n) is 13.3. The van der Waals surface area contributed by atoms with Gasteiger partial charge >= 0.3 is 0 Å². The molecule has 0 unspecified atom stereocenters. The van der Waals surface area contributed by atoms with E-state index in [1.165, 1.54) is 4.31 Å². The van der Waals surface area contributed by atoms with Gasteiger partial charge in [0.15, 0.2) is 0 Å². The zero-order valence-corrected chi connectivity index (χ0v) is 14.2. The van der Waals surface area contributed by atoms with Crippen molar-refractivity contribution in [2.45, 2.75) is 20.8 Å². The Bertz CT molecular complexity index is 740. The molecule has 6 heteroatoms. The van der Waals surface area contributed by atoms with Crippen LogP contribution in [-0.4, -0.2) is 43.1 Å². The number of aryl methyl sites for hydroxylation is 1. The van der Waals surface area contributed by atoms with Crippen LogP contribution >= 0.6 is 0 Å². The maximum absolute atomic E-state index is 12.2. The van der Waals surface area contributed by atoms with E-state index in [0.717, 1.165) is 22.2 Å². The summed E-state index contributed by atoms with van der Waals surface area (Å²) in [7, 11) is -3.20. The number of aromatic nitrogens is 1. The topological polar surface area (TPSA) is 62.3 Å². The molecule has 1 aromatic heterocycles. The van der Waals surface area contributed by atoms with Gasteiger partial charge < -0.3 is 5.32 Å². The summed E-state index contributed by atoms with van der Waals surface area (Å²) in [6.07, 6.45) is 1.75. The third-order valence-electron chi connectivity index (χ3n) is 3.75. The number of nitrogens with zero attached hydrogens (tertiary/aromatic N) is 2. The van der Waals surface area contributed by atoms with E-state index >= 15 is 0 Å². The molecule has 0 fully saturated rings. The molecule has 0 aliphatic heterocycles. The Labute approximate surface area is 132 Å². The van der Waals surface area contributed by atoms with Gasteiger partial charge in [0.05, 0.1) is 11.3 Å². The first-order chi connectivity index (χ1) is 10.5. The molecule has 0 saturated carbocycles. The molecule has 0 aliphatic rings. The lowest BCUT2D eigenvalue weighted by molar-refractivity contribution is 0.446. The highest BCUT2D eigenvalue weighted by Gasteiger charge is 2.18. The van der Waals surface area contributed by atoms with Crippen LogP contribution in [0.15, 0.2) is 30.5 Å². The van der Waals surface area contributed by atoms with Crippen molar-refractivity contribution in [2.24, 2.45) is 0 Å². The summed E-state index contributed by atoms with van der Waals surface area (Å²) < 4.78 is 25.8. The minimum absolute atomic E-state index is 0.0876. The van der Waals surface area contributed by atoms with Gasteiger partial charge in [0.2, 0.25) is 10.0 Å². The highest BCUT2D eigenvalue weighted by molar-refractivity contribution is 7.89. The van der Waals surface area contributed by atoms with Crippen LogP contribution < -0.4 is 5.32 Å². The molecular weight excluding hydrogens is 298 g/mol. The van der Waals surface area contributed by atoms with E-state index in [1.807, 2.05) is 45.0 Å². The molecule has 2 aromatic rings. The number of pyridine rings is 1. The third kappa shape index (κ3) is 3.56. The van der Waals surface area contributed by atoms with Crippen molar-refractivity contribution in [3.8, 4) is 0 Å². The Morgan fingerprint density at radius 2 is 1.91 bits per heavy atom. The number of fused-ring (bicyclic) bond motifs is 1. The first kappa shape index (κ1) is 16.7. The van der Waals surface area contributed by atoms with Crippen LogP contribution in [-0.2, 0) is 10.0 Å². The second-order valence-electron chi connectivity index (χ2n) is 5.16. The number of para-hydroxylation sites is 1. The Kier molecular flexibility index (Phi) is 5.37. The number of benzene rings is 1. The monoisotopic (exact) mass is 321 g/mol. The van der Waals surface area contributed by atoms with Crippen LogP contribution in [0.1, 0.15) is 19.4 Å². The minimum atomic E-state index is -3.20. The molecular formula is C16H23N3O2S. The van der Waals surface area contributed by atoms with Gasteiger partial charge in [-0.3, -0.25) is 4.98 Å². The molecule has 0 radical (unpaired) electrons. The minimum Gasteiger partial charge on any atom is -0.383 e. The Morgan fingerprint density at radius 3 is 2.59 bits per heavy atom. The van der Waals surface area contributed by atoms with E-state index in [2.05, 4.69) is 10.3 Å². The fourth-order valence-corrected chi connectivity index (χ4v) is 3.94. The van der Waals surface area contributed by atoms with Gasteiger partial charge in [0.1, 0.15) is 0 Å². The quantitative estimate of drug-likeness (QED) is 0.851. The van der Waals surface area contributed by atoms with Crippen LogP contribution in [0, 0.1) is 6.92 Å². The fourth-order valence-electron chi connectivity index (χ4n) is 2.54. The van der Waals surface area contributed by atoms with Gasteiger partial charge in [-0.15, -0.1) is 0 Å². The van der Waals surface area contributed by atoms with E-state index in [1.54, 1.807) is 6.20 Å². The molecule has 0 atom stereocenters. The molecule has 0 aliphatic carbocycles. The summed E-state index contributed by atoms with van der Waals surface area (Å²) in [5, 5.41) is 4.24. The van der Waals surface area contributed by atoms with Gasteiger partial charge in [-0.1, -0.05) is 32.0 Å². The average molecular weight is 321 g/mol. The van der Waals surface area contributed by atoms with Crippen molar-refractivity contribution < 1.29 is 8.42 Å². The number of nitrogens with one attached hydrogen (secondary N) is 1. The van der Waals surface area contributed by atoms with Crippen molar-refractivity contribution in [3.05, 3.63) is 36.0 Å². The van der Waals surface area contributed by atoms with Gasteiger partial charge in [-0.05, 0) is 18.6 Å². The van der Waals surface area contributed by atoms with Crippen LogP contribution in [0.4, 0.5) is 5.69 Å². The smallest absolute Gasteiger partial charge is 0.215 e. The summed E-state index contributed by atoms with van der Waals surface area (Å²) >= 11 is 0. The summed E-state index contributed by atoms with van der Waals surface area (Å²) in [6, 6.07) is 7.88. The number of hydrogen-bond acceptors (Lipinski definition) is 4. The van der Waals surface area contributed by atoms with E-state index in [-0.39, 0.29) is 5.75 Å². The van der Waals surface area contributed by atoms with Gasteiger partial charge in [0, 0.05) is 36.9 Å². The van der Waals surface area contributed by atoms with E-state index < -0.39 is 10.0 Å². The second kappa shape index (κ2) is 7.07. The first-order valence-electron chi connectivity index (χ1n) is 7.55. The summed E-state index contributed by atoms with van der Waals surface area (Å²) in [5.41, 5.74) is 2.97. The van der Waals surface area contributed by atoms with E-state index in [0.29, 0.717) is 19.6 Å². The van der Waals surface area contributed by atoms with Gasteiger partial charge in [-0.25, -0.2) is 12.7 Å². The molecule has 0 amide bonds. The Hall–Kier alpha value is -1.66. The van der Waals surface area contributed by atoms with Crippen molar-refractivity contribution in [2.75, 3.05) is 30.7 Å². The lowest BCUT2D eigenvalue weighted by Crippen LogP contribution is -2.34. The number of anilines is 1.